The Labute approximate surface area is 122 Å². The molecule has 0 radical (unpaired) electrons. The van der Waals surface area contributed by atoms with Crippen molar-refractivity contribution in [2.24, 2.45) is 11.8 Å². The Kier molecular flexibility index (Phi) is 5.72. The minimum atomic E-state index is 0.616. The van der Waals surface area contributed by atoms with E-state index in [0.717, 1.165) is 30.8 Å². The van der Waals surface area contributed by atoms with Crippen LogP contribution < -0.4 is 5.32 Å². The lowest BCUT2D eigenvalue weighted by Gasteiger charge is -2.17. The monoisotopic (exact) mass is 279 g/mol. The second kappa shape index (κ2) is 7.31. The summed E-state index contributed by atoms with van der Waals surface area (Å²) in [5, 5.41) is 3.60. The summed E-state index contributed by atoms with van der Waals surface area (Å²) in [5.41, 5.74) is 2.80. The maximum Gasteiger partial charge on any atom is 0.0254 e. The van der Waals surface area contributed by atoms with Gasteiger partial charge >= 0.3 is 0 Å². The minimum Gasteiger partial charge on any atom is -0.312 e. The normalized spacial score (nSPS) is 23.2. The topological polar surface area (TPSA) is 12.0 Å². The highest BCUT2D eigenvalue weighted by Crippen LogP contribution is 2.31. The summed E-state index contributed by atoms with van der Waals surface area (Å²) in [6.45, 7) is 6.56. The molecule has 1 aliphatic carbocycles. The molecule has 19 heavy (non-hydrogen) atoms. The second-order valence-electron chi connectivity index (χ2n) is 6.13. The molecule has 2 rings (SSSR count). The van der Waals surface area contributed by atoms with Gasteiger partial charge in [-0.15, -0.1) is 11.6 Å². The highest BCUT2D eigenvalue weighted by Gasteiger charge is 2.25. The van der Waals surface area contributed by atoms with E-state index < -0.39 is 0 Å². The van der Waals surface area contributed by atoms with Crippen molar-refractivity contribution in [2.45, 2.75) is 45.6 Å². The van der Waals surface area contributed by atoms with Gasteiger partial charge in [0.1, 0.15) is 0 Å². The Morgan fingerprint density at radius 2 is 1.84 bits per heavy atom. The van der Waals surface area contributed by atoms with Crippen LogP contribution in [0.1, 0.15) is 50.2 Å². The van der Waals surface area contributed by atoms with Crippen molar-refractivity contribution in [3.63, 3.8) is 0 Å². The van der Waals surface area contributed by atoms with E-state index in [9.17, 15) is 0 Å². The molecular formula is C17H26ClN. The van der Waals surface area contributed by atoms with Crippen molar-refractivity contribution in [1.29, 1.82) is 0 Å². The Hall–Kier alpha value is -0.530. The zero-order valence-electron chi connectivity index (χ0n) is 12.2. The molecule has 0 aromatic heterocycles. The third-order valence-electron chi connectivity index (χ3n) is 4.40. The molecule has 0 bridgehead atoms. The average Bonchev–Trinajstić information content (AvgIpc) is 2.87. The number of nitrogens with one attached hydrogen (secondary N) is 1. The second-order valence-corrected chi connectivity index (χ2v) is 6.44. The van der Waals surface area contributed by atoms with Gasteiger partial charge in [0.15, 0.2) is 0 Å². The molecule has 1 aromatic carbocycles. The molecular weight excluding hydrogens is 254 g/mol. The zero-order valence-corrected chi connectivity index (χ0v) is 12.9. The molecule has 2 heteroatoms. The lowest BCUT2D eigenvalue weighted by Crippen LogP contribution is -2.25. The van der Waals surface area contributed by atoms with Gasteiger partial charge in [0.05, 0.1) is 0 Å². The third kappa shape index (κ3) is 4.22. The van der Waals surface area contributed by atoms with Gasteiger partial charge in [-0.2, -0.15) is 0 Å². The summed E-state index contributed by atoms with van der Waals surface area (Å²) in [4.78, 5) is 0. The first-order valence-corrected chi connectivity index (χ1v) is 8.09. The molecule has 2 unspecified atom stereocenters. The van der Waals surface area contributed by atoms with Crippen LogP contribution in [0.4, 0.5) is 0 Å². The highest BCUT2D eigenvalue weighted by atomic mass is 35.5. The van der Waals surface area contributed by atoms with Gasteiger partial charge in [0.25, 0.3) is 0 Å². The van der Waals surface area contributed by atoms with E-state index >= 15 is 0 Å². The fourth-order valence-corrected chi connectivity index (χ4v) is 3.41. The SMILES string of the molecule is CC(C)c1ccc(CNCC2CCCC2CCl)cc1. The number of alkyl halides is 1. The van der Waals surface area contributed by atoms with Crippen LogP contribution >= 0.6 is 11.6 Å². The van der Waals surface area contributed by atoms with E-state index in [1.165, 1.54) is 30.4 Å². The van der Waals surface area contributed by atoms with Gasteiger partial charge in [0, 0.05) is 12.4 Å². The molecule has 1 saturated carbocycles. The third-order valence-corrected chi connectivity index (χ3v) is 4.79. The van der Waals surface area contributed by atoms with Crippen molar-refractivity contribution in [2.75, 3.05) is 12.4 Å². The number of hydrogen-bond donors (Lipinski definition) is 1. The Balaban J connectivity index is 1.76. The van der Waals surface area contributed by atoms with Crippen molar-refractivity contribution >= 4 is 11.6 Å². The predicted molar refractivity (Wildman–Crippen MR) is 83.8 cm³/mol. The number of halogens is 1. The standard InChI is InChI=1S/C17H26ClN/c1-13(2)15-8-6-14(7-9-15)11-19-12-17-5-3-4-16(17)10-18/h6-9,13,16-17,19H,3-5,10-12H2,1-2H3. The molecule has 1 aliphatic rings. The van der Waals surface area contributed by atoms with Crippen molar-refractivity contribution < 1.29 is 0 Å². The van der Waals surface area contributed by atoms with Crippen LogP contribution in [0.15, 0.2) is 24.3 Å². The Bertz CT molecular complexity index is 371. The van der Waals surface area contributed by atoms with Crippen LogP contribution in [0.5, 0.6) is 0 Å². The highest BCUT2D eigenvalue weighted by molar-refractivity contribution is 6.18. The smallest absolute Gasteiger partial charge is 0.0254 e. The maximum atomic E-state index is 6.02. The summed E-state index contributed by atoms with van der Waals surface area (Å²) in [6.07, 6.45) is 4.02. The molecule has 2 atom stereocenters. The van der Waals surface area contributed by atoms with Crippen molar-refractivity contribution in [3.05, 3.63) is 35.4 Å². The molecule has 0 saturated heterocycles. The first-order chi connectivity index (χ1) is 9.20. The molecule has 1 aromatic rings. The van der Waals surface area contributed by atoms with Crippen LogP contribution in [0.3, 0.4) is 0 Å². The van der Waals surface area contributed by atoms with Crippen molar-refractivity contribution in [3.8, 4) is 0 Å². The van der Waals surface area contributed by atoms with Gasteiger partial charge < -0.3 is 5.32 Å². The van der Waals surface area contributed by atoms with Crippen LogP contribution in [0, 0.1) is 11.8 Å². The van der Waals surface area contributed by atoms with Gasteiger partial charge in [-0.3, -0.25) is 0 Å². The Morgan fingerprint density at radius 1 is 1.16 bits per heavy atom. The molecule has 106 valence electrons. The number of hydrogen-bond acceptors (Lipinski definition) is 1. The fourth-order valence-electron chi connectivity index (χ4n) is 3.01. The molecule has 1 fully saturated rings. The molecule has 0 heterocycles. The van der Waals surface area contributed by atoms with Gasteiger partial charge in [0.2, 0.25) is 0 Å². The van der Waals surface area contributed by atoms with E-state index in [-0.39, 0.29) is 0 Å². The molecule has 1 N–H and O–H groups in total. The first kappa shape index (κ1) is 14.9. The molecule has 0 amide bonds. The minimum absolute atomic E-state index is 0.616. The largest absolute Gasteiger partial charge is 0.312 e. The van der Waals surface area contributed by atoms with Crippen LogP contribution in [-0.2, 0) is 6.54 Å². The van der Waals surface area contributed by atoms with E-state index in [4.69, 9.17) is 11.6 Å². The lowest BCUT2D eigenvalue weighted by atomic mass is 9.98. The van der Waals surface area contributed by atoms with Crippen LogP contribution in [0.25, 0.3) is 0 Å². The van der Waals surface area contributed by atoms with E-state index in [2.05, 4.69) is 43.4 Å². The lowest BCUT2D eigenvalue weighted by molar-refractivity contribution is 0.395. The first-order valence-electron chi connectivity index (χ1n) is 7.56. The fraction of sp³-hybridized carbons (Fsp3) is 0.647. The molecule has 1 nitrogen and oxygen atoms in total. The van der Waals surface area contributed by atoms with Gasteiger partial charge in [-0.25, -0.2) is 0 Å². The van der Waals surface area contributed by atoms with Gasteiger partial charge in [-0.05, 0) is 48.3 Å². The van der Waals surface area contributed by atoms with Crippen LogP contribution in [0.2, 0.25) is 0 Å². The zero-order chi connectivity index (χ0) is 13.7. The summed E-state index contributed by atoms with van der Waals surface area (Å²) in [5.74, 6) is 2.96. The van der Waals surface area contributed by atoms with E-state index in [0.29, 0.717) is 5.92 Å². The maximum absolute atomic E-state index is 6.02. The van der Waals surface area contributed by atoms with E-state index in [1.807, 2.05) is 0 Å². The summed E-state index contributed by atoms with van der Waals surface area (Å²) >= 11 is 6.02. The van der Waals surface area contributed by atoms with Gasteiger partial charge in [-0.1, -0.05) is 44.5 Å². The molecule has 0 spiro atoms. The number of rotatable bonds is 6. The quantitative estimate of drug-likeness (QED) is 0.753. The van der Waals surface area contributed by atoms with E-state index in [1.54, 1.807) is 0 Å². The predicted octanol–water partition coefficient (Wildman–Crippen LogP) is 4.55. The summed E-state index contributed by atoms with van der Waals surface area (Å²) < 4.78 is 0. The molecule has 0 aliphatic heterocycles. The van der Waals surface area contributed by atoms with Crippen LogP contribution in [-0.4, -0.2) is 12.4 Å². The number of benzene rings is 1. The Morgan fingerprint density at radius 3 is 2.47 bits per heavy atom. The van der Waals surface area contributed by atoms with Crippen molar-refractivity contribution in [1.82, 2.24) is 5.32 Å². The summed E-state index contributed by atoms with van der Waals surface area (Å²) in [7, 11) is 0. The summed E-state index contributed by atoms with van der Waals surface area (Å²) in [6, 6.07) is 8.99. The average molecular weight is 280 g/mol.